The van der Waals surface area contributed by atoms with E-state index in [1.165, 1.54) is 0 Å². The second-order valence-corrected chi connectivity index (χ2v) is 7.04. The summed E-state index contributed by atoms with van der Waals surface area (Å²) in [4.78, 5) is 0.819. The van der Waals surface area contributed by atoms with Gasteiger partial charge < -0.3 is 5.11 Å². The quantitative estimate of drug-likeness (QED) is 0.462. The van der Waals surface area contributed by atoms with Crippen molar-refractivity contribution in [1.82, 2.24) is 0 Å². The lowest BCUT2D eigenvalue weighted by Crippen LogP contribution is -2.30. The van der Waals surface area contributed by atoms with Gasteiger partial charge >= 0.3 is 5.88 Å². The molecule has 0 spiro atoms. The predicted octanol–water partition coefficient (Wildman–Crippen LogP) is 5.72. The maximum atomic E-state index is 11.0. The van der Waals surface area contributed by atoms with Crippen LogP contribution in [0.3, 0.4) is 0 Å². The number of para-hydroxylation sites is 1. The molecule has 0 aliphatic carbocycles. The second kappa shape index (κ2) is 6.71. The monoisotopic (exact) mass is 364 g/mol. The van der Waals surface area contributed by atoms with Crippen LogP contribution in [0.4, 0.5) is 0 Å². The van der Waals surface area contributed by atoms with E-state index in [0.717, 1.165) is 26.7 Å². The Balaban J connectivity index is 1.97. The highest BCUT2D eigenvalue weighted by Gasteiger charge is 2.30. The lowest BCUT2D eigenvalue weighted by molar-refractivity contribution is -0.587. The van der Waals surface area contributed by atoms with Crippen LogP contribution in [0.25, 0.3) is 26.7 Å². The molecule has 0 saturated heterocycles. The normalized spacial score (nSPS) is 10.8. The fraction of sp³-hybridized carbons (Fsp3) is 0. The number of rotatable bonds is 3. The molecule has 1 heterocycles. The van der Waals surface area contributed by atoms with E-state index in [2.05, 4.69) is 12.1 Å². The maximum Gasteiger partial charge on any atom is 0.391 e. The van der Waals surface area contributed by atoms with Gasteiger partial charge in [-0.15, -0.1) is 4.57 Å². The zero-order valence-corrected chi connectivity index (χ0v) is 14.8. The van der Waals surface area contributed by atoms with Crippen molar-refractivity contribution >= 4 is 22.9 Å². The number of thiazole rings is 1. The van der Waals surface area contributed by atoms with E-state index < -0.39 is 0 Å². The summed E-state index contributed by atoms with van der Waals surface area (Å²) in [5.41, 5.74) is 2.93. The van der Waals surface area contributed by atoms with Crippen molar-refractivity contribution in [2.75, 3.05) is 0 Å². The average Bonchev–Trinajstić information content (AvgIpc) is 3.01. The van der Waals surface area contributed by atoms with E-state index in [1.54, 1.807) is 11.3 Å². The summed E-state index contributed by atoms with van der Waals surface area (Å²) in [6.07, 6.45) is 0. The smallest absolute Gasteiger partial charge is 0.391 e. The minimum atomic E-state index is 0.234. The molecule has 1 aromatic heterocycles. The Morgan fingerprint density at radius 2 is 1.32 bits per heavy atom. The topological polar surface area (TPSA) is 24.1 Å². The van der Waals surface area contributed by atoms with Gasteiger partial charge in [0.25, 0.3) is 5.01 Å². The summed E-state index contributed by atoms with van der Waals surface area (Å²) in [6, 6.07) is 27.5. The lowest BCUT2D eigenvalue weighted by Gasteiger charge is -1.98. The van der Waals surface area contributed by atoms with Crippen LogP contribution in [0.2, 0.25) is 5.02 Å². The molecule has 0 aliphatic heterocycles. The Morgan fingerprint density at radius 3 is 1.96 bits per heavy atom. The molecule has 0 fully saturated rings. The van der Waals surface area contributed by atoms with Crippen LogP contribution in [0.15, 0.2) is 84.9 Å². The highest BCUT2D eigenvalue weighted by molar-refractivity contribution is 7.18. The molecule has 0 saturated carbocycles. The maximum absolute atomic E-state index is 11.0. The molecule has 0 unspecified atom stereocenters. The van der Waals surface area contributed by atoms with E-state index in [4.69, 9.17) is 11.6 Å². The van der Waals surface area contributed by atoms with Crippen LogP contribution < -0.4 is 4.57 Å². The first-order valence-corrected chi connectivity index (χ1v) is 9.08. The Morgan fingerprint density at radius 1 is 0.720 bits per heavy atom. The van der Waals surface area contributed by atoms with E-state index in [-0.39, 0.29) is 5.88 Å². The zero-order valence-electron chi connectivity index (χ0n) is 13.3. The van der Waals surface area contributed by atoms with Crippen LogP contribution >= 0.6 is 22.9 Å². The number of hydrogen-bond donors (Lipinski definition) is 1. The van der Waals surface area contributed by atoms with Gasteiger partial charge in [0.05, 0.1) is 5.56 Å². The zero-order chi connectivity index (χ0) is 17.2. The molecule has 0 amide bonds. The fourth-order valence-corrected chi connectivity index (χ4v) is 4.05. The summed E-state index contributed by atoms with van der Waals surface area (Å²) < 4.78 is 1.89. The summed E-state index contributed by atoms with van der Waals surface area (Å²) in [5, 5.41) is 12.6. The lowest BCUT2D eigenvalue weighted by atomic mass is 10.2. The van der Waals surface area contributed by atoms with E-state index in [0.29, 0.717) is 5.02 Å². The third kappa shape index (κ3) is 3.04. The molecule has 0 atom stereocenters. The molecule has 25 heavy (non-hydrogen) atoms. The van der Waals surface area contributed by atoms with Gasteiger partial charge in [-0.2, -0.15) is 0 Å². The fourth-order valence-electron chi connectivity index (χ4n) is 2.76. The molecule has 4 heteroatoms. The standard InChI is InChI=1S/C21H14ClNOS/c22-17-13-11-15(12-14-17)19-20(24)23(18-9-5-2-6-10-18)21(25-19)16-7-3-1-4-8-16/h1-14H/p+1. The number of nitrogens with zero attached hydrogens (tertiary/aromatic N) is 1. The van der Waals surface area contributed by atoms with Gasteiger partial charge in [-0.1, -0.05) is 71.5 Å². The molecule has 0 aliphatic rings. The highest BCUT2D eigenvalue weighted by Crippen LogP contribution is 2.39. The van der Waals surface area contributed by atoms with Gasteiger partial charge in [-0.25, -0.2) is 0 Å². The average molecular weight is 365 g/mol. The number of hydrogen-bond acceptors (Lipinski definition) is 2. The SMILES string of the molecule is Oc1c(-c2ccc(Cl)cc2)sc(-c2ccccc2)[n+]1-c1ccccc1. The third-order valence-electron chi connectivity index (χ3n) is 3.96. The number of halogens is 1. The number of benzene rings is 3. The second-order valence-electron chi connectivity index (χ2n) is 5.60. The van der Waals surface area contributed by atoms with Crippen LogP contribution in [0.1, 0.15) is 0 Å². The van der Waals surface area contributed by atoms with Gasteiger partial charge in [0, 0.05) is 22.7 Å². The first-order chi connectivity index (χ1) is 12.2. The summed E-state index contributed by atoms with van der Waals surface area (Å²) in [5.74, 6) is 0.234. The largest absolute Gasteiger partial charge is 0.458 e. The summed E-state index contributed by atoms with van der Waals surface area (Å²) in [7, 11) is 0. The molecule has 0 bridgehead atoms. The van der Waals surface area contributed by atoms with Crippen molar-refractivity contribution in [3.8, 4) is 32.6 Å². The van der Waals surface area contributed by atoms with Gasteiger partial charge in [-0.05, 0) is 24.3 Å². The van der Waals surface area contributed by atoms with Crippen molar-refractivity contribution in [2.45, 2.75) is 0 Å². The van der Waals surface area contributed by atoms with Crippen molar-refractivity contribution in [3.63, 3.8) is 0 Å². The predicted molar refractivity (Wildman–Crippen MR) is 103 cm³/mol. The molecule has 2 nitrogen and oxygen atoms in total. The Bertz CT molecular complexity index is 996. The number of aromatic hydroxyl groups is 1. The molecule has 4 aromatic rings. The minimum absolute atomic E-state index is 0.234. The van der Waals surface area contributed by atoms with Crippen LogP contribution in [-0.2, 0) is 0 Å². The van der Waals surface area contributed by atoms with Crippen molar-refractivity contribution < 1.29 is 9.67 Å². The molecule has 0 radical (unpaired) electrons. The van der Waals surface area contributed by atoms with Crippen LogP contribution in [0, 0.1) is 0 Å². The van der Waals surface area contributed by atoms with Gasteiger partial charge in [0.15, 0.2) is 4.88 Å². The summed E-state index contributed by atoms with van der Waals surface area (Å²) >= 11 is 7.57. The Labute approximate surface area is 155 Å². The molecular weight excluding hydrogens is 350 g/mol. The van der Waals surface area contributed by atoms with Crippen molar-refractivity contribution in [3.05, 3.63) is 90.0 Å². The minimum Gasteiger partial charge on any atom is -0.458 e. The van der Waals surface area contributed by atoms with Gasteiger partial charge in [-0.3, -0.25) is 0 Å². The van der Waals surface area contributed by atoms with Crippen LogP contribution in [0.5, 0.6) is 5.88 Å². The van der Waals surface area contributed by atoms with Crippen molar-refractivity contribution in [2.24, 2.45) is 0 Å². The highest BCUT2D eigenvalue weighted by atomic mass is 35.5. The molecule has 3 aromatic carbocycles. The molecular formula is C21H15ClNOS+. The van der Waals surface area contributed by atoms with Crippen LogP contribution in [-0.4, -0.2) is 5.11 Å². The summed E-state index contributed by atoms with van der Waals surface area (Å²) in [6.45, 7) is 0. The van der Waals surface area contributed by atoms with Gasteiger partial charge in [0.1, 0.15) is 0 Å². The molecule has 1 N–H and O–H groups in total. The Kier molecular flexibility index (Phi) is 4.26. The van der Waals surface area contributed by atoms with Crippen molar-refractivity contribution in [1.29, 1.82) is 0 Å². The third-order valence-corrected chi connectivity index (χ3v) is 5.44. The van der Waals surface area contributed by atoms with E-state index in [9.17, 15) is 5.11 Å². The Hall–Kier alpha value is -2.62. The van der Waals surface area contributed by atoms with Gasteiger partial charge in [0.2, 0.25) is 5.69 Å². The van der Waals surface area contributed by atoms with E-state index in [1.807, 2.05) is 77.4 Å². The number of aromatic nitrogens is 1. The molecule has 122 valence electrons. The first kappa shape index (κ1) is 15.9. The first-order valence-electron chi connectivity index (χ1n) is 7.88. The van der Waals surface area contributed by atoms with E-state index >= 15 is 0 Å². The molecule has 4 rings (SSSR count).